The molecule has 3 N–H and O–H groups in total. The van der Waals surface area contributed by atoms with Crippen molar-refractivity contribution < 1.29 is 24.2 Å². The fourth-order valence-electron chi connectivity index (χ4n) is 2.62. The largest absolute Gasteiger partial charge is 0.497 e. The molecule has 0 saturated heterocycles. The van der Waals surface area contributed by atoms with Crippen molar-refractivity contribution in [1.29, 1.82) is 0 Å². The standard InChI is InChI=1S/C20H24N2O5/c1-13(23)21-14-5-4-6-15(11-14)22-20(25)10-9-18(24)17-8-7-16(26-2)12-19(17)27-3/h4-8,11-12,18,24H,9-10H2,1-3H3,(H,21,23)(H,22,25). The lowest BCUT2D eigenvalue weighted by atomic mass is 10.0. The van der Waals surface area contributed by atoms with Crippen LogP contribution in [0.25, 0.3) is 0 Å². The Morgan fingerprint density at radius 2 is 1.74 bits per heavy atom. The second-order valence-electron chi connectivity index (χ2n) is 5.97. The van der Waals surface area contributed by atoms with E-state index in [0.717, 1.165) is 0 Å². The highest BCUT2D eigenvalue weighted by atomic mass is 16.5. The Morgan fingerprint density at radius 1 is 1.04 bits per heavy atom. The van der Waals surface area contributed by atoms with Gasteiger partial charge in [-0.15, -0.1) is 0 Å². The first-order valence-corrected chi connectivity index (χ1v) is 8.50. The summed E-state index contributed by atoms with van der Waals surface area (Å²) in [4.78, 5) is 23.3. The molecule has 27 heavy (non-hydrogen) atoms. The number of hydrogen-bond donors (Lipinski definition) is 3. The molecular formula is C20H24N2O5. The van der Waals surface area contributed by atoms with Crippen LogP contribution in [0.3, 0.4) is 0 Å². The second kappa shape index (κ2) is 9.59. The van der Waals surface area contributed by atoms with E-state index in [9.17, 15) is 14.7 Å². The predicted octanol–water partition coefficient (Wildman–Crippen LogP) is 3.11. The number of ether oxygens (including phenoxy) is 2. The van der Waals surface area contributed by atoms with Crippen LogP contribution in [0.4, 0.5) is 11.4 Å². The molecule has 2 amide bonds. The molecule has 0 spiro atoms. The van der Waals surface area contributed by atoms with Crippen LogP contribution in [0.1, 0.15) is 31.4 Å². The number of carbonyl (C=O) groups excluding carboxylic acids is 2. The van der Waals surface area contributed by atoms with E-state index in [-0.39, 0.29) is 24.7 Å². The Bertz CT molecular complexity index is 807. The number of amides is 2. The normalized spacial score (nSPS) is 11.4. The van der Waals surface area contributed by atoms with Crippen molar-refractivity contribution in [2.75, 3.05) is 24.9 Å². The summed E-state index contributed by atoms with van der Waals surface area (Å²) >= 11 is 0. The van der Waals surface area contributed by atoms with Crippen LogP contribution >= 0.6 is 0 Å². The first kappa shape index (κ1) is 20.3. The maximum atomic E-state index is 12.2. The van der Waals surface area contributed by atoms with Gasteiger partial charge < -0.3 is 25.2 Å². The summed E-state index contributed by atoms with van der Waals surface area (Å²) in [6.45, 7) is 1.42. The second-order valence-corrected chi connectivity index (χ2v) is 5.97. The van der Waals surface area contributed by atoms with Gasteiger partial charge in [-0.1, -0.05) is 6.07 Å². The van der Waals surface area contributed by atoms with E-state index in [1.807, 2.05) is 0 Å². The minimum Gasteiger partial charge on any atom is -0.497 e. The van der Waals surface area contributed by atoms with Gasteiger partial charge in [-0.05, 0) is 36.8 Å². The molecule has 2 aromatic carbocycles. The maximum absolute atomic E-state index is 12.2. The van der Waals surface area contributed by atoms with Crippen molar-refractivity contribution in [3.63, 3.8) is 0 Å². The first-order valence-electron chi connectivity index (χ1n) is 8.50. The summed E-state index contributed by atoms with van der Waals surface area (Å²) in [5.41, 5.74) is 1.77. The number of anilines is 2. The molecule has 0 radical (unpaired) electrons. The molecule has 0 aliphatic rings. The lowest BCUT2D eigenvalue weighted by Gasteiger charge is -2.16. The van der Waals surface area contributed by atoms with Gasteiger partial charge in [0.2, 0.25) is 11.8 Å². The lowest BCUT2D eigenvalue weighted by Crippen LogP contribution is -2.13. The van der Waals surface area contributed by atoms with Crippen molar-refractivity contribution in [1.82, 2.24) is 0 Å². The SMILES string of the molecule is COc1ccc(C(O)CCC(=O)Nc2cccc(NC(C)=O)c2)c(OC)c1. The van der Waals surface area contributed by atoms with Crippen LogP contribution in [0, 0.1) is 0 Å². The molecule has 144 valence electrons. The van der Waals surface area contributed by atoms with Crippen LogP contribution < -0.4 is 20.1 Å². The van der Waals surface area contributed by atoms with E-state index >= 15 is 0 Å². The average molecular weight is 372 g/mol. The molecule has 0 heterocycles. The molecule has 7 nitrogen and oxygen atoms in total. The summed E-state index contributed by atoms with van der Waals surface area (Å²) < 4.78 is 10.4. The third-order valence-corrected chi connectivity index (χ3v) is 3.91. The lowest BCUT2D eigenvalue weighted by molar-refractivity contribution is -0.117. The van der Waals surface area contributed by atoms with Crippen molar-refractivity contribution in [2.24, 2.45) is 0 Å². The highest BCUT2D eigenvalue weighted by Gasteiger charge is 2.16. The Hall–Kier alpha value is -3.06. The first-order chi connectivity index (χ1) is 12.9. The molecule has 0 aliphatic carbocycles. The topological polar surface area (TPSA) is 96.9 Å². The molecule has 7 heteroatoms. The van der Waals surface area contributed by atoms with Gasteiger partial charge in [-0.25, -0.2) is 0 Å². The van der Waals surface area contributed by atoms with E-state index in [2.05, 4.69) is 10.6 Å². The Labute approximate surface area is 158 Å². The summed E-state index contributed by atoms with van der Waals surface area (Å²) in [5.74, 6) is 0.710. The van der Waals surface area contributed by atoms with Crippen LogP contribution in [0.15, 0.2) is 42.5 Å². The number of aliphatic hydroxyl groups excluding tert-OH is 1. The van der Waals surface area contributed by atoms with Crippen LogP contribution in [-0.2, 0) is 9.59 Å². The predicted molar refractivity (Wildman–Crippen MR) is 103 cm³/mol. The monoisotopic (exact) mass is 372 g/mol. The van der Waals surface area contributed by atoms with Crippen molar-refractivity contribution in [2.45, 2.75) is 25.9 Å². The summed E-state index contributed by atoms with van der Waals surface area (Å²) in [7, 11) is 3.07. The molecule has 1 atom stereocenters. The highest BCUT2D eigenvalue weighted by Crippen LogP contribution is 2.31. The average Bonchev–Trinajstić information content (AvgIpc) is 2.65. The minimum atomic E-state index is -0.845. The Balaban J connectivity index is 1.94. The van der Waals surface area contributed by atoms with E-state index in [1.165, 1.54) is 14.0 Å². The summed E-state index contributed by atoms with van der Waals surface area (Å²) in [5, 5.41) is 15.8. The number of methoxy groups -OCH3 is 2. The van der Waals surface area contributed by atoms with Crippen LogP contribution in [-0.4, -0.2) is 31.1 Å². The molecule has 2 rings (SSSR count). The molecule has 0 bridgehead atoms. The number of hydrogen-bond acceptors (Lipinski definition) is 5. The van der Waals surface area contributed by atoms with Gasteiger partial charge >= 0.3 is 0 Å². The summed E-state index contributed by atoms with van der Waals surface area (Å²) in [6, 6.07) is 12.0. The van der Waals surface area contributed by atoms with Gasteiger partial charge in [-0.3, -0.25) is 9.59 Å². The third-order valence-electron chi connectivity index (χ3n) is 3.91. The van der Waals surface area contributed by atoms with Crippen molar-refractivity contribution in [3.05, 3.63) is 48.0 Å². The van der Waals surface area contributed by atoms with Crippen molar-refractivity contribution in [3.8, 4) is 11.5 Å². The van der Waals surface area contributed by atoms with E-state index in [1.54, 1.807) is 49.6 Å². The molecule has 2 aromatic rings. The van der Waals surface area contributed by atoms with Crippen molar-refractivity contribution >= 4 is 23.2 Å². The zero-order valence-electron chi connectivity index (χ0n) is 15.6. The highest BCUT2D eigenvalue weighted by molar-refractivity contribution is 5.93. The van der Waals surface area contributed by atoms with Crippen LogP contribution in [0.2, 0.25) is 0 Å². The zero-order valence-corrected chi connectivity index (χ0v) is 15.6. The maximum Gasteiger partial charge on any atom is 0.224 e. The van der Waals surface area contributed by atoms with Gasteiger partial charge in [0.15, 0.2) is 0 Å². The van der Waals surface area contributed by atoms with E-state index in [4.69, 9.17) is 9.47 Å². The molecule has 0 aliphatic heterocycles. The third kappa shape index (κ3) is 6.00. The fourth-order valence-corrected chi connectivity index (χ4v) is 2.62. The summed E-state index contributed by atoms with van der Waals surface area (Å²) in [6.07, 6.45) is -0.483. The Kier molecular flexibility index (Phi) is 7.19. The molecule has 1 unspecified atom stereocenters. The fraction of sp³-hybridized carbons (Fsp3) is 0.300. The van der Waals surface area contributed by atoms with Gasteiger partial charge in [0.1, 0.15) is 11.5 Å². The molecule has 0 aromatic heterocycles. The smallest absolute Gasteiger partial charge is 0.224 e. The number of aliphatic hydroxyl groups is 1. The Morgan fingerprint density at radius 3 is 2.37 bits per heavy atom. The van der Waals surface area contributed by atoms with E-state index in [0.29, 0.717) is 28.4 Å². The zero-order chi connectivity index (χ0) is 19.8. The van der Waals surface area contributed by atoms with E-state index < -0.39 is 6.10 Å². The van der Waals surface area contributed by atoms with Gasteiger partial charge in [0.05, 0.1) is 20.3 Å². The number of benzene rings is 2. The molecule has 0 fully saturated rings. The van der Waals surface area contributed by atoms with Gasteiger partial charge in [0, 0.05) is 36.3 Å². The van der Waals surface area contributed by atoms with Gasteiger partial charge in [0.25, 0.3) is 0 Å². The quantitative estimate of drug-likeness (QED) is 0.662. The number of carbonyl (C=O) groups is 2. The number of nitrogens with one attached hydrogen (secondary N) is 2. The molecule has 0 saturated carbocycles. The number of rotatable bonds is 8. The van der Waals surface area contributed by atoms with Gasteiger partial charge in [-0.2, -0.15) is 0 Å². The molecular weight excluding hydrogens is 348 g/mol. The minimum absolute atomic E-state index is 0.126. The van der Waals surface area contributed by atoms with Crippen LogP contribution in [0.5, 0.6) is 11.5 Å².